The molecule has 1 heterocycles. The number of ether oxygens (including phenoxy) is 2. The van der Waals surface area contributed by atoms with Gasteiger partial charge in [0.25, 0.3) is 0 Å². The van der Waals surface area contributed by atoms with Crippen LogP contribution in [0.15, 0.2) is 0 Å². The van der Waals surface area contributed by atoms with Crippen molar-refractivity contribution in [1.82, 2.24) is 0 Å². The number of carbonyl (C=O) groups is 1. The first kappa shape index (κ1) is 10.4. The molecule has 0 aliphatic carbocycles. The number of alkyl halides is 1. The van der Waals surface area contributed by atoms with Crippen molar-refractivity contribution in [1.29, 1.82) is 0 Å². The summed E-state index contributed by atoms with van der Waals surface area (Å²) in [6, 6.07) is 0. The monoisotopic (exact) mass is 190 g/mol. The lowest BCUT2D eigenvalue weighted by Crippen LogP contribution is -2.31. The molecule has 0 aromatic heterocycles. The minimum atomic E-state index is -1.47. The molecular formula is C9H15FO3. The molecular weight excluding hydrogens is 175 g/mol. The van der Waals surface area contributed by atoms with Crippen molar-refractivity contribution in [3.05, 3.63) is 0 Å². The van der Waals surface area contributed by atoms with Gasteiger partial charge < -0.3 is 9.47 Å². The SMILES string of the molecule is CCOC(=O)C(F)C1CCOCC1. The van der Waals surface area contributed by atoms with Crippen LogP contribution < -0.4 is 0 Å². The van der Waals surface area contributed by atoms with Crippen LogP contribution in [0.2, 0.25) is 0 Å². The molecule has 0 aromatic carbocycles. The van der Waals surface area contributed by atoms with E-state index >= 15 is 0 Å². The van der Waals surface area contributed by atoms with Gasteiger partial charge in [-0.05, 0) is 19.8 Å². The topological polar surface area (TPSA) is 35.5 Å². The fourth-order valence-corrected chi connectivity index (χ4v) is 1.42. The Labute approximate surface area is 77.2 Å². The lowest BCUT2D eigenvalue weighted by atomic mass is 9.95. The highest BCUT2D eigenvalue weighted by atomic mass is 19.1. The zero-order valence-electron chi connectivity index (χ0n) is 7.79. The summed E-state index contributed by atoms with van der Waals surface area (Å²) >= 11 is 0. The molecule has 3 nitrogen and oxygen atoms in total. The highest BCUT2D eigenvalue weighted by molar-refractivity contribution is 5.74. The summed E-state index contributed by atoms with van der Waals surface area (Å²) in [5.41, 5.74) is 0. The average molecular weight is 190 g/mol. The molecule has 1 fully saturated rings. The Morgan fingerprint density at radius 2 is 2.23 bits per heavy atom. The second kappa shape index (κ2) is 5.17. The van der Waals surface area contributed by atoms with Crippen LogP contribution in [0.5, 0.6) is 0 Å². The quantitative estimate of drug-likeness (QED) is 0.629. The van der Waals surface area contributed by atoms with Gasteiger partial charge in [-0.2, -0.15) is 0 Å². The summed E-state index contributed by atoms with van der Waals surface area (Å²) in [7, 11) is 0. The lowest BCUT2D eigenvalue weighted by Gasteiger charge is -2.23. The number of hydrogen-bond donors (Lipinski definition) is 0. The zero-order valence-corrected chi connectivity index (χ0v) is 7.79. The van der Waals surface area contributed by atoms with Crippen LogP contribution in [-0.4, -0.2) is 32.0 Å². The number of esters is 1. The van der Waals surface area contributed by atoms with Crippen molar-refractivity contribution in [2.24, 2.45) is 5.92 Å². The predicted octanol–water partition coefficient (Wildman–Crippen LogP) is 1.31. The Kier molecular flexibility index (Phi) is 4.15. The van der Waals surface area contributed by atoms with E-state index in [2.05, 4.69) is 4.74 Å². The van der Waals surface area contributed by atoms with Crippen LogP contribution in [0, 0.1) is 5.92 Å². The Morgan fingerprint density at radius 1 is 1.62 bits per heavy atom. The van der Waals surface area contributed by atoms with E-state index in [9.17, 15) is 9.18 Å². The third kappa shape index (κ3) is 2.95. The van der Waals surface area contributed by atoms with Gasteiger partial charge in [0.1, 0.15) is 0 Å². The van der Waals surface area contributed by atoms with Crippen molar-refractivity contribution in [3.8, 4) is 0 Å². The van der Waals surface area contributed by atoms with E-state index in [0.717, 1.165) is 0 Å². The third-order valence-corrected chi connectivity index (χ3v) is 2.19. The number of hydrogen-bond acceptors (Lipinski definition) is 3. The molecule has 13 heavy (non-hydrogen) atoms. The van der Waals surface area contributed by atoms with Crippen molar-refractivity contribution in [3.63, 3.8) is 0 Å². The van der Waals surface area contributed by atoms with Gasteiger partial charge >= 0.3 is 5.97 Å². The molecule has 1 aliphatic rings. The molecule has 0 bridgehead atoms. The third-order valence-electron chi connectivity index (χ3n) is 2.19. The maximum Gasteiger partial charge on any atom is 0.341 e. The van der Waals surface area contributed by atoms with Gasteiger partial charge in [0.05, 0.1) is 6.61 Å². The summed E-state index contributed by atoms with van der Waals surface area (Å²) in [6.07, 6.45) is -0.246. The molecule has 1 aliphatic heterocycles. The Balaban J connectivity index is 2.35. The molecule has 1 unspecified atom stereocenters. The molecule has 76 valence electrons. The normalized spacial score (nSPS) is 21.1. The molecule has 0 N–H and O–H groups in total. The van der Waals surface area contributed by atoms with Crippen LogP contribution in [-0.2, 0) is 14.3 Å². The van der Waals surface area contributed by atoms with Gasteiger partial charge in [0, 0.05) is 19.1 Å². The number of rotatable bonds is 3. The predicted molar refractivity (Wildman–Crippen MR) is 45.1 cm³/mol. The molecule has 1 saturated heterocycles. The highest BCUT2D eigenvalue weighted by Crippen LogP contribution is 2.21. The molecule has 4 heteroatoms. The number of carbonyl (C=O) groups excluding carboxylic acids is 1. The van der Waals surface area contributed by atoms with Crippen molar-refractivity contribution in [2.45, 2.75) is 25.9 Å². The van der Waals surface area contributed by atoms with Gasteiger partial charge in [0.15, 0.2) is 6.17 Å². The van der Waals surface area contributed by atoms with Crippen LogP contribution in [0.25, 0.3) is 0 Å². The summed E-state index contributed by atoms with van der Waals surface area (Å²) in [6.45, 7) is 3.01. The maximum atomic E-state index is 13.3. The molecule has 0 spiro atoms. The lowest BCUT2D eigenvalue weighted by molar-refractivity contribution is -0.152. The van der Waals surface area contributed by atoms with Gasteiger partial charge in [-0.25, -0.2) is 9.18 Å². The molecule has 0 radical (unpaired) electrons. The minimum absolute atomic E-state index is 0.215. The van der Waals surface area contributed by atoms with Crippen LogP contribution in [0.4, 0.5) is 4.39 Å². The molecule has 0 aromatic rings. The van der Waals surface area contributed by atoms with Gasteiger partial charge in [-0.1, -0.05) is 0 Å². The summed E-state index contributed by atoms with van der Waals surface area (Å²) in [5, 5.41) is 0. The molecule has 0 saturated carbocycles. The Morgan fingerprint density at radius 3 is 2.77 bits per heavy atom. The largest absolute Gasteiger partial charge is 0.464 e. The first-order chi connectivity index (χ1) is 6.25. The average Bonchev–Trinajstić information content (AvgIpc) is 2.18. The maximum absolute atomic E-state index is 13.3. The van der Waals surface area contributed by atoms with E-state index in [1.165, 1.54) is 0 Å². The summed E-state index contributed by atoms with van der Waals surface area (Å²) < 4.78 is 23.0. The fourth-order valence-electron chi connectivity index (χ4n) is 1.42. The molecule has 1 atom stereocenters. The first-order valence-corrected chi connectivity index (χ1v) is 4.64. The van der Waals surface area contributed by atoms with Crippen molar-refractivity contribution in [2.75, 3.05) is 19.8 Å². The molecule has 1 rings (SSSR count). The Bertz CT molecular complexity index is 166. The fraction of sp³-hybridized carbons (Fsp3) is 0.889. The minimum Gasteiger partial charge on any atom is -0.464 e. The smallest absolute Gasteiger partial charge is 0.341 e. The Hall–Kier alpha value is -0.640. The van der Waals surface area contributed by atoms with E-state index in [4.69, 9.17) is 4.74 Å². The van der Waals surface area contributed by atoms with Crippen molar-refractivity contribution >= 4 is 5.97 Å². The zero-order chi connectivity index (χ0) is 9.68. The van der Waals surface area contributed by atoms with Crippen molar-refractivity contribution < 1.29 is 18.7 Å². The summed E-state index contributed by atoms with van der Waals surface area (Å²) in [4.78, 5) is 11.0. The van der Waals surface area contributed by atoms with Gasteiger partial charge in [-0.15, -0.1) is 0 Å². The highest BCUT2D eigenvalue weighted by Gasteiger charge is 2.30. The first-order valence-electron chi connectivity index (χ1n) is 4.64. The second-order valence-electron chi connectivity index (χ2n) is 3.10. The second-order valence-corrected chi connectivity index (χ2v) is 3.10. The van der Waals surface area contributed by atoms with Gasteiger partial charge in [-0.3, -0.25) is 0 Å². The van der Waals surface area contributed by atoms with E-state index < -0.39 is 12.1 Å². The van der Waals surface area contributed by atoms with E-state index in [1.54, 1.807) is 6.92 Å². The van der Waals surface area contributed by atoms with Crippen LogP contribution in [0.1, 0.15) is 19.8 Å². The van der Waals surface area contributed by atoms with E-state index in [1.807, 2.05) is 0 Å². The summed E-state index contributed by atoms with van der Waals surface area (Å²) in [5.74, 6) is -0.942. The van der Waals surface area contributed by atoms with Crippen LogP contribution in [0.3, 0.4) is 0 Å². The van der Waals surface area contributed by atoms with E-state index in [-0.39, 0.29) is 12.5 Å². The van der Waals surface area contributed by atoms with E-state index in [0.29, 0.717) is 26.1 Å². The number of halogens is 1. The molecule has 0 amide bonds. The standard InChI is InChI=1S/C9H15FO3/c1-2-13-9(11)8(10)7-3-5-12-6-4-7/h7-8H,2-6H2,1H3. The van der Waals surface area contributed by atoms with Gasteiger partial charge in [0.2, 0.25) is 0 Å². The van der Waals surface area contributed by atoms with Crippen LogP contribution >= 0.6 is 0 Å².